The zero-order valence-corrected chi connectivity index (χ0v) is 14.6. The van der Waals surface area contributed by atoms with Crippen LogP contribution in [-0.2, 0) is 16.4 Å². The molecule has 2 aromatic rings. The lowest BCUT2D eigenvalue weighted by Crippen LogP contribution is -2.37. The summed E-state index contributed by atoms with van der Waals surface area (Å²) in [5, 5.41) is 0. The number of nitrogens with zero attached hydrogens (tertiary/aromatic N) is 1. The SMILES string of the molecule is Cc1cc(S(=O)(=O)N(CCN)CCc2ccccc2)c(C)s1. The Kier molecular flexibility index (Phi) is 5.74. The van der Waals surface area contributed by atoms with Crippen LogP contribution in [-0.4, -0.2) is 32.4 Å². The molecular weight excluding hydrogens is 316 g/mol. The maximum atomic E-state index is 12.9. The van der Waals surface area contributed by atoms with Gasteiger partial charge in [0.15, 0.2) is 0 Å². The van der Waals surface area contributed by atoms with E-state index >= 15 is 0 Å². The highest BCUT2D eigenvalue weighted by Gasteiger charge is 2.26. The van der Waals surface area contributed by atoms with E-state index in [4.69, 9.17) is 5.73 Å². The van der Waals surface area contributed by atoms with Gasteiger partial charge in [0.05, 0.1) is 4.90 Å². The van der Waals surface area contributed by atoms with Gasteiger partial charge in [-0.2, -0.15) is 4.31 Å². The van der Waals surface area contributed by atoms with Gasteiger partial charge < -0.3 is 5.73 Å². The first kappa shape index (κ1) is 17.1. The second-order valence-electron chi connectivity index (χ2n) is 5.21. The molecule has 2 N–H and O–H groups in total. The summed E-state index contributed by atoms with van der Waals surface area (Å²) in [5.41, 5.74) is 6.74. The Hall–Kier alpha value is -1.21. The fraction of sp³-hybridized carbons (Fsp3) is 0.375. The predicted octanol–water partition coefficient (Wildman–Crippen LogP) is 2.56. The van der Waals surface area contributed by atoms with Crippen LogP contribution < -0.4 is 5.73 Å². The Balaban J connectivity index is 2.21. The van der Waals surface area contributed by atoms with E-state index in [9.17, 15) is 8.42 Å². The van der Waals surface area contributed by atoms with Gasteiger partial charge >= 0.3 is 0 Å². The average Bonchev–Trinajstić information content (AvgIpc) is 2.84. The van der Waals surface area contributed by atoms with Gasteiger partial charge in [0.2, 0.25) is 10.0 Å². The molecule has 4 nitrogen and oxygen atoms in total. The molecule has 0 unspecified atom stereocenters. The van der Waals surface area contributed by atoms with E-state index < -0.39 is 10.0 Å². The van der Waals surface area contributed by atoms with Gasteiger partial charge in [-0.25, -0.2) is 8.42 Å². The summed E-state index contributed by atoms with van der Waals surface area (Å²) in [6, 6.07) is 11.6. The smallest absolute Gasteiger partial charge is 0.244 e. The van der Waals surface area contributed by atoms with E-state index in [1.54, 1.807) is 6.07 Å². The first-order chi connectivity index (χ1) is 10.4. The van der Waals surface area contributed by atoms with Crippen molar-refractivity contribution in [1.82, 2.24) is 4.31 Å². The number of hydrogen-bond donors (Lipinski definition) is 1. The van der Waals surface area contributed by atoms with Crippen molar-refractivity contribution in [2.45, 2.75) is 25.2 Å². The van der Waals surface area contributed by atoms with E-state index in [2.05, 4.69) is 0 Å². The second-order valence-corrected chi connectivity index (χ2v) is 8.57. The maximum Gasteiger partial charge on any atom is 0.244 e. The molecule has 22 heavy (non-hydrogen) atoms. The lowest BCUT2D eigenvalue weighted by molar-refractivity contribution is 0.421. The summed E-state index contributed by atoms with van der Waals surface area (Å²) in [6.07, 6.45) is 0.683. The van der Waals surface area contributed by atoms with Crippen LogP contribution in [0, 0.1) is 13.8 Å². The largest absolute Gasteiger partial charge is 0.329 e. The van der Waals surface area contributed by atoms with Gasteiger partial charge in [0, 0.05) is 29.4 Å². The highest BCUT2D eigenvalue weighted by Crippen LogP contribution is 2.27. The Morgan fingerprint density at radius 2 is 1.82 bits per heavy atom. The minimum Gasteiger partial charge on any atom is -0.329 e. The molecule has 0 spiro atoms. The highest BCUT2D eigenvalue weighted by atomic mass is 32.2. The van der Waals surface area contributed by atoms with Gasteiger partial charge in [0.25, 0.3) is 0 Å². The predicted molar refractivity (Wildman–Crippen MR) is 91.8 cm³/mol. The highest BCUT2D eigenvalue weighted by molar-refractivity contribution is 7.89. The van der Waals surface area contributed by atoms with Crippen LogP contribution in [0.4, 0.5) is 0 Å². The number of rotatable bonds is 7. The lowest BCUT2D eigenvalue weighted by Gasteiger charge is -2.21. The van der Waals surface area contributed by atoms with E-state index in [0.717, 1.165) is 15.3 Å². The molecule has 0 atom stereocenters. The van der Waals surface area contributed by atoms with Crippen LogP contribution in [0.25, 0.3) is 0 Å². The summed E-state index contributed by atoms with van der Waals surface area (Å²) >= 11 is 1.51. The van der Waals surface area contributed by atoms with Gasteiger partial charge in [-0.1, -0.05) is 30.3 Å². The molecule has 0 aliphatic rings. The van der Waals surface area contributed by atoms with Crippen molar-refractivity contribution in [3.8, 4) is 0 Å². The second kappa shape index (κ2) is 7.37. The third-order valence-electron chi connectivity index (χ3n) is 3.48. The zero-order chi connectivity index (χ0) is 16.2. The quantitative estimate of drug-likeness (QED) is 0.844. The normalized spacial score (nSPS) is 12.0. The molecule has 0 radical (unpaired) electrons. The standard InChI is InChI=1S/C16H22N2O2S2/c1-13-12-16(14(2)21-13)22(19,20)18(11-9-17)10-8-15-6-4-3-5-7-15/h3-7,12H,8-11,17H2,1-2H3. The van der Waals surface area contributed by atoms with E-state index in [0.29, 0.717) is 31.0 Å². The molecule has 0 saturated heterocycles. The molecule has 120 valence electrons. The minimum absolute atomic E-state index is 0.316. The average molecular weight is 338 g/mol. The molecule has 2 rings (SSSR count). The fourth-order valence-corrected chi connectivity index (χ4v) is 5.38. The first-order valence-corrected chi connectivity index (χ1v) is 9.52. The number of nitrogens with two attached hydrogens (primary N) is 1. The Bertz CT molecular complexity index is 709. The van der Waals surface area contributed by atoms with Crippen molar-refractivity contribution in [1.29, 1.82) is 0 Å². The summed E-state index contributed by atoms with van der Waals surface area (Å²) in [5.74, 6) is 0. The third kappa shape index (κ3) is 3.95. The van der Waals surface area contributed by atoms with Crippen molar-refractivity contribution >= 4 is 21.4 Å². The van der Waals surface area contributed by atoms with Crippen LogP contribution in [0.2, 0.25) is 0 Å². The molecule has 0 amide bonds. The monoisotopic (exact) mass is 338 g/mol. The number of aryl methyl sites for hydroxylation is 2. The first-order valence-electron chi connectivity index (χ1n) is 7.26. The van der Waals surface area contributed by atoms with E-state index in [-0.39, 0.29) is 0 Å². The molecule has 0 bridgehead atoms. The molecule has 1 aromatic carbocycles. The van der Waals surface area contributed by atoms with Crippen molar-refractivity contribution in [3.05, 3.63) is 51.7 Å². The van der Waals surface area contributed by atoms with Crippen LogP contribution in [0.5, 0.6) is 0 Å². The van der Waals surface area contributed by atoms with Gasteiger partial charge in [-0.3, -0.25) is 0 Å². The van der Waals surface area contributed by atoms with Gasteiger partial charge in [-0.05, 0) is 31.9 Å². The summed E-state index contributed by atoms with van der Waals surface area (Å²) in [6.45, 7) is 4.87. The lowest BCUT2D eigenvalue weighted by atomic mass is 10.1. The Labute approximate surface area is 136 Å². The molecular formula is C16H22N2O2S2. The summed E-state index contributed by atoms with van der Waals surface area (Å²) in [7, 11) is -3.48. The fourth-order valence-electron chi connectivity index (χ4n) is 2.40. The molecule has 1 aromatic heterocycles. The van der Waals surface area contributed by atoms with Crippen LogP contribution in [0.1, 0.15) is 15.3 Å². The third-order valence-corrected chi connectivity index (χ3v) is 6.60. The van der Waals surface area contributed by atoms with Crippen LogP contribution in [0.3, 0.4) is 0 Å². The molecule has 6 heteroatoms. The van der Waals surface area contributed by atoms with Gasteiger partial charge in [-0.15, -0.1) is 11.3 Å². The summed E-state index contributed by atoms with van der Waals surface area (Å²) < 4.78 is 27.2. The van der Waals surface area contributed by atoms with Crippen molar-refractivity contribution in [2.24, 2.45) is 5.73 Å². The Morgan fingerprint density at radius 3 is 2.36 bits per heavy atom. The molecule has 0 saturated carbocycles. The van der Waals surface area contributed by atoms with Crippen molar-refractivity contribution in [2.75, 3.05) is 19.6 Å². The number of thiophene rings is 1. The number of hydrogen-bond acceptors (Lipinski definition) is 4. The van der Waals surface area contributed by atoms with E-state index in [1.807, 2.05) is 44.2 Å². The zero-order valence-electron chi connectivity index (χ0n) is 13.0. The van der Waals surface area contributed by atoms with Gasteiger partial charge in [0.1, 0.15) is 0 Å². The van der Waals surface area contributed by atoms with Crippen LogP contribution >= 0.6 is 11.3 Å². The maximum absolute atomic E-state index is 12.9. The molecule has 0 fully saturated rings. The topological polar surface area (TPSA) is 63.4 Å². The number of sulfonamides is 1. The molecule has 1 heterocycles. The van der Waals surface area contributed by atoms with Crippen molar-refractivity contribution < 1.29 is 8.42 Å². The number of benzene rings is 1. The summed E-state index contributed by atoms with van der Waals surface area (Å²) in [4.78, 5) is 2.25. The molecule has 0 aliphatic carbocycles. The Morgan fingerprint density at radius 1 is 1.14 bits per heavy atom. The van der Waals surface area contributed by atoms with Crippen molar-refractivity contribution in [3.63, 3.8) is 0 Å². The van der Waals surface area contributed by atoms with E-state index in [1.165, 1.54) is 15.6 Å². The minimum atomic E-state index is -3.48. The van der Waals surface area contributed by atoms with Crippen LogP contribution in [0.15, 0.2) is 41.3 Å². The molecule has 0 aliphatic heterocycles.